The molecule has 0 saturated carbocycles. The van der Waals surface area contributed by atoms with E-state index in [1.807, 2.05) is 0 Å². The fourth-order valence-corrected chi connectivity index (χ4v) is 2.62. The van der Waals surface area contributed by atoms with Crippen LogP contribution in [0, 0.1) is 0 Å². The van der Waals surface area contributed by atoms with E-state index in [-0.39, 0.29) is 12.1 Å². The molecular formula is C16H24NO5+. The molecule has 6 nitrogen and oxygen atoms in total. The third kappa shape index (κ3) is 3.62. The van der Waals surface area contributed by atoms with Crippen molar-refractivity contribution >= 4 is 5.97 Å². The summed E-state index contributed by atoms with van der Waals surface area (Å²) < 4.78 is 21.4. The molecule has 0 aliphatic carbocycles. The molecule has 1 aliphatic rings. The van der Waals surface area contributed by atoms with E-state index in [0.717, 1.165) is 25.9 Å². The second kappa shape index (κ2) is 7.35. The lowest BCUT2D eigenvalue weighted by molar-refractivity contribution is -0.885. The number of esters is 1. The van der Waals surface area contributed by atoms with Gasteiger partial charge in [0.2, 0.25) is 5.75 Å². The first kappa shape index (κ1) is 16.4. The number of carbonyl (C=O) groups excluding carboxylic acids is 1. The van der Waals surface area contributed by atoms with Crippen molar-refractivity contribution in [2.75, 3.05) is 41.5 Å². The third-order valence-corrected chi connectivity index (χ3v) is 3.96. The summed E-state index contributed by atoms with van der Waals surface area (Å²) >= 11 is 0. The van der Waals surface area contributed by atoms with Gasteiger partial charge < -0.3 is 23.8 Å². The van der Waals surface area contributed by atoms with Crippen LogP contribution in [0.3, 0.4) is 0 Å². The minimum absolute atomic E-state index is 0.0182. The minimum Gasteiger partial charge on any atom is -0.493 e. The van der Waals surface area contributed by atoms with E-state index < -0.39 is 0 Å². The monoisotopic (exact) mass is 310 g/mol. The Bertz CT molecular complexity index is 498. The molecule has 0 unspecified atom stereocenters. The van der Waals surface area contributed by atoms with Crippen LogP contribution in [0.2, 0.25) is 0 Å². The van der Waals surface area contributed by atoms with E-state index in [9.17, 15) is 4.79 Å². The number of benzene rings is 1. The fraction of sp³-hybridized carbons (Fsp3) is 0.562. The van der Waals surface area contributed by atoms with E-state index in [0.29, 0.717) is 22.8 Å². The second-order valence-corrected chi connectivity index (χ2v) is 5.48. The van der Waals surface area contributed by atoms with Gasteiger partial charge in [-0.1, -0.05) is 0 Å². The molecule has 1 heterocycles. The van der Waals surface area contributed by atoms with Crippen LogP contribution in [-0.2, 0) is 4.74 Å². The van der Waals surface area contributed by atoms with E-state index in [1.165, 1.54) is 26.2 Å². The largest absolute Gasteiger partial charge is 0.493 e. The highest BCUT2D eigenvalue weighted by Gasteiger charge is 2.25. The minimum atomic E-state index is -0.358. The molecule has 2 rings (SSSR count). The molecule has 0 amide bonds. The van der Waals surface area contributed by atoms with Crippen molar-refractivity contribution in [2.24, 2.45) is 0 Å². The summed E-state index contributed by atoms with van der Waals surface area (Å²) in [7, 11) is 6.72. The number of likely N-dealkylation sites (tertiary alicyclic amines) is 1. The Labute approximate surface area is 130 Å². The van der Waals surface area contributed by atoms with Gasteiger partial charge in [0.05, 0.1) is 47.0 Å². The number of carbonyl (C=O) groups is 1. The Morgan fingerprint density at radius 1 is 1.05 bits per heavy atom. The molecule has 0 radical (unpaired) electrons. The van der Waals surface area contributed by atoms with Gasteiger partial charge in [0.25, 0.3) is 0 Å². The highest BCUT2D eigenvalue weighted by molar-refractivity contribution is 5.91. The van der Waals surface area contributed by atoms with Gasteiger partial charge in [-0.3, -0.25) is 0 Å². The Hall–Kier alpha value is -1.95. The molecular weight excluding hydrogens is 286 g/mol. The maximum Gasteiger partial charge on any atom is 0.338 e. The zero-order valence-corrected chi connectivity index (χ0v) is 13.6. The lowest BCUT2D eigenvalue weighted by Gasteiger charge is -2.26. The van der Waals surface area contributed by atoms with Crippen molar-refractivity contribution in [3.8, 4) is 17.2 Å². The normalized spacial score (nSPS) is 21.1. The van der Waals surface area contributed by atoms with E-state index in [2.05, 4.69) is 7.05 Å². The lowest BCUT2D eigenvalue weighted by atomic mass is 10.1. The Morgan fingerprint density at radius 3 is 2.05 bits per heavy atom. The maximum atomic E-state index is 12.3. The summed E-state index contributed by atoms with van der Waals surface area (Å²) in [6.07, 6.45) is 1.76. The smallest absolute Gasteiger partial charge is 0.338 e. The van der Waals surface area contributed by atoms with Crippen molar-refractivity contribution in [3.05, 3.63) is 17.7 Å². The molecule has 0 aromatic heterocycles. The summed E-state index contributed by atoms with van der Waals surface area (Å²) in [5.74, 6) is 0.997. The Kier molecular flexibility index (Phi) is 5.49. The predicted molar refractivity (Wildman–Crippen MR) is 81.2 cm³/mol. The van der Waals surface area contributed by atoms with Crippen LogP contribution in [-0.4, -0.2) is 53.5 Å². The van der Waals surface area contributed by atoms with Crippen molar-refractivity contribution in [3.63, 3.8) is 0 Å². The number of rotatable bonds is 5. The predicted octanol–water partition coefficient (Wildman–Crippen LogP) is 0.546. The number of quaternary nitrogens is 1. The molecule has 22 heavy (non-hydrogen) atoms. The van der Waals surface area contributed by atoms with Crippen LogP contribution in [0.1, 0.15) is 23.2 Å². The number of hydrogen-bond donors (Lipinski definition) is 1. The lowest BCUT2D eigenvalue weighted by Crippen LogP contribution is -3.10. The van der Waals surface area contributed by atoms with Crippen molar-refractivity contribution in [2.45, 2.75) is 18.9 Å². The topological polar surface area (TPSA) is 58.4 Å². The number of nitrogens with one attached hydrogen (secondary N) is 1. The molecule has 1 fully saturated rings. The summed E-state index contributed by atoms with van der Waals surface area (Å²) in [4.78, 5) is 13.8. The molecule has 0 spiro atoms. The number of piperidine rings is 1. The zero-order valence-electron chi connectivity index (χ0n) is 13.6. The second-order valence-electron chi connectivity index (χ2n) is 5.48. The Morgan fingerprint density at radius 2 is 1.59 bits per heavy atom. The maximum absolute atomic E-state index is 12.3. The van der Waals surface area contributed by atoms with Crippen LogP contribution in [0.4, 0.5) is 0 Å². The quantitative estimate of drug-likeness (QED) is 0.805. The van der Waals surface area contributed by atoms with E-state index in [1.54, 1.807) is 12.1 Å². The first-order valence-corrected chi connectivity index (χ1v) is 7.41. The zero-order chi connectivity index (χ0) is 16.1. The van der Waals surface area contributed by atoms with Crippen LogP contribution >= 0.6 is 0 Å². The number of methoxy groups -OCH3 is 3. The van der Waals surface area contributed by atoms with Crippen LogP contribution in [0.5, 0.6) is 17.2 Å². The number of ether oxygens (including phenoxy) is 4. The molecule has 1 aromatic rings. The fourth-order valence-electron chi connectivity index (χ4n) is 2.62. The highest BCUT2D eigenvalue weighted by Crippen LogP contribution is 2.38. The molecule has 0 bridgehead atoms. The van der Waals surface area contributed by atoms with Gasteiger partial charge in [-0.25, -0.2) is 4.79 Å². The van der Waals surface area contributed by atoms with Crippen molar-refractivity contribution < 1.29 is 28.6 Å². The van der Waals surface area contributed by atoms with Gasteiger partial charge in [0, 0.05) is 12.8 Å². The molecule has 1 aromatic carbocycles. The van der Waals surface area contributed by atoms with Gasteiger partial charge in [-0.05, 0) is 12.1 Å². The van der Waals surface area contributed by atoms with Gasteiger partial charge in [0.15, 0.2) is 11.5 Å². The van der Waals surface area contributed by atoms with Gasteiger partial charge in [0.1, 0.15) is 6.10 Å². The number of hydrogen-bond acceptors (Lipinski definition) is 5. The summed E-state index contributed by atoms with van der Waals surface area (Å²) in [5.41, 5.74) is 0.403. The molecule has 1 aliphatic heterocycles. The van der Waals surface area contributed by atoms with Crippen LogP contribution in [0.25, 0.3) is 0 Å². The first-order valence-electron chi connectivity index (χ1n) is 7.41. The Balaban J connectivity index is 2.15. The van der Waals surface area contributed by atoms with Crippen molar-refractivity contribution in [1.29, 1.82) is 0 Å². The third-order valence-electron chi connectivity index (χ3n) is 3.96. The molecule has 0 atom stereocenters. The standard InChI is InChI=1S/C16H23NO5/c1-17-7-5-12(6-8-17)22-16(18)11-9-13(19-2)15(21-4)14(10-11)20-3/h9-10,12H,5-8H2,1-4H3/p+1. The summed E-state index contributed by atoms with van der Waals surface area (Å²) in [5, 5.41) is 0. The summed E-state index contributed by atoms with van der Waals surface area (Å²) in [6, 6.07) is 3.23. The van der Waals surface area contributed by atoms with Crippen LogP contribution < -0.4 is 19.1 Å². The molecule has 6 heteroatoms. The average Bonchev–Trinajstić information content (AvgIpc) is 2.55. The molecule has 122 valence electrons. The van der Waals surface area contributed by atoms with Gasteiger partial charge in [-0.2, -0.15) is 0 Å². The van der Waals surface area contributed by atoms with Crippen molar-refractivity contribution in [1.82, 2.24) is 0 Å². The molecule has 1 saturated heterocycles. The first-order chi connectivity index (χ1) is 10.6. The van der Waals surface area contributed by atoms with E-state index >= 15 is 0 Å². The van der Waals surface area contributed by atoms with Gasteiger partial charge >= 0.3 is 5.97 Å². The molecule has 1 N–H and O–H groups in total. The van der Waals surface area contributed by atoms with Gasteiger partial charge in [-0.15, -0.1) is 0 Å². The van der Waals surface area contributed by atoms with Crippen LogP contribution in [0.15, 0.2) is 12.1 Å². The summed E-state index contributed by atoms with van der Waals surface area (Å²) in [6.45, 7) is 2.04. The highest BCUT2D eigenvalue weighted by atomic mass is 16.5. The SMILES string of the molecule is COc1cc(C(=O)OC2CC[NH+](C)CC2)cc(OC)c1OC. The average molecular weight is 310 g/mol. The van der Waals surface area contributed by atoms with E-state index in [4.69, 9.17) is 18.9 Å².